The number of sulfonamides is 1. The molecule has 0 aliphatic carbocycles. The number of nitrogens with one attached hydrogen (secondary N) is 1. The van der Waals surface area contributed by atoms with Gasteiger partial charge in [-0.25, -0.2) is 13.6 Å². The van der Waals surface area contributed by atoms with Crippen molar-refractivity contribution in [3.05, 3.63) is 69.5 Å². The molecule has 0 saturated carbocycles. The third-order valence-electron chi connectivity index (χ3n) is 3.35. The predicted octanol–water partition coefficient (Wildman–Crippen LogP) is 2.35. The molecule has 0 fully saturated rings. The van der Waals surface area contributed by atoms with Gasteiger partial charge in [-0.1, -0.05) is 11.6 Å². The maximum absolute atomic E-state index is 12.2. The van der Waals surface area contributed by atoms with Crippen LogP contribution in [0.2, 0.25) is 5.02 Å². The molecular formula is C16H11ClN2O5S. The van der Waals surface area contributed by atoms with E-state index in [1.807, 2.05) is 0 Å². The van der Waals surface area contributed by atoms with Gasteiger partial charge in [0.25, 0.3) is 5.91 Å². The van der Waals surface area contributed by atoms with Gasteiger partial charge in [-0.3, -0.25) is 9.59 Å². The number of amides is 1. The van der Waals surface area contributed by atoms with Crippen molar-refractivity contribution >= 4 is 44.2 Å². The first-order valence-corrected chi connectivity index (χ1v) is 8.84. The number of halogens is 1. The van der Waals surface area contributed by atoms with Gasteiger partial charge in [0.1, 0.15) is 5.58 Å². The first-order chi connectivity index (χ1) is 11.7. The number of primary sulfonamides is 1. The molecule has 3 rings (SSSR count). The summed E-state index contributed by atoms with van der Waals surface area (Å²) in [6.07, 6.45) is 0. The molecule has 3 aromatic rings. The lowest BCUT2D eigenvalue weighted by Gasteiger charge is -2.06. The van der Waals surface area contributed by atoms with Crippen LogP contribution >= 0.6 is 11.6 Å². The number of carbonyl (C=O) groups is 1. The Balaban J connectivity index is 1.90. The quantitative estimate of drug-likeness (QED) is 0.724. The highest BCUT2D eigenvalue weighted by molar-refractivity contribution is 7.89. The van der Waals surface area contributed by atoms with Gasteiger partial charge in [0, 0.05) is 16.8 Å². The third kappa shape index (κ3) is 3.71. The second kappa shape index (κ2) is 6.32. The second-order valence-electron chi connectivity index (χ2n) is 5.14. The standard InChI is InChI=1S/C16H11ClN2O5S/c17-9-1-6-14-12(7-9)13(20)8-15(24-14)16(21)19-10-2-4-11(5-3-10)25(18,22)23/h1-8H,(H,19,21)(H2,18,22,23). The van der Waals surface area contributed by atoms with Gasteiger partial charge in [0.05, 0.1) is 10.3 Å². The van der Waals surface area contributed by atoms with Crippen molar-refractivity contribution in [1.82, 2.24) is 0 Å². The molecule has 0 aliphatic heterocycles. The van der Waals surface area contributed by atoms with E-state index in [-0.39, 0.29) is 21.6 Å². The summed E-state index contributed by atoms with van der Waals surface area (Å²) in [5, 5.41) is 8.16. The van der Waals surface area contributed by atoms with Crippen LogP contribution in [0.5, 0.6) is 0 Å². The second-order valence-corrected chi connectivity index (χ2v) is 7.14. The van der Waals surface area contributed by atoms with Crippen LogP contribution in [0, 0.1) is 0 Å². The molecule has 0 aliphatic rings. The Hall–Kier alpha value is -2.68. The van der Waals surface area contributed by atoms with Crippen LogP contribution in [0.1, 0.15) is 10.6 Å². The minimum Gasteiger partial charge on any atom is -0.451 e. The number of nitrogens with two attached hydrogens (primary N) is 1. The van der Waals surface area contributed by atoms with E-state index in [1.54, 1.807) is 6.07 Å². The number of hydrogen-bond acceptors (Lipinski definition) is 5. The summed E-state index contributed by atoms with van der Waals surface area (Å²) >= 11 is 5.83. The molecule has 1 aromatic heterocycles. The lowest BCUT2D eigenvalue weighted by atomic mass is 10.2. The minimum atomic E-state index is -3.82. The van der Waals surface area contributed by atoms with Crippen LogP contribution in [-0.2, 0) is 10.0 Å². The van der Waals surface area contributed by atoms with Crippen molar-refractivity contribution < 1.29 is 17.6 Å². The van der Waals surface area contributed by atoms with Gasteiger partial charge in [0.15, 0.2) is 11.2 Å². The summed E-state index contributed by atoms with van der Waals surface area (Å²) in [7, 11) is -3.82. The molecule has 0 bridgehead atoms. The zero-order valence-corrected chi connectivity index (χ0v) is 14.1. The van der Waals surface area contributed by atoms with E-state index < -0.39 is 21.4 Å². The topological polar surface area (TPSA) is 119 Å². The van der Waals surface area contributed by atoms with Crippen molar-refractivity contribution in [1.29, 1.82) is 0 Å². The molecule has 2 aromatic carbocycles. The monoisotopic (exact) mass is 378 g/mol. The van der Waals surface area contributed by atoms with Crippen molar-refractivity contribution in [3.63, 3.8) is 0 Å². The SMILES string of the molecule is NS(=O)(=O)c1ccc(NC(=O)c2cc(=O)c3cc(Cl)ccc3o2)cc1. The summed E-state index contributed by atoms with van der Waals surface area (Å²) < 4.78 is 27.8. The Bertz CT molecular complexity index is 1140. The molecule has 9 heteroatoms. The van der Waals surface area contributed by atoms with E-state index in [1.165, 1.54) is 36.4 Å². The van der Waals surface area contributed by atoms with E-state index in [4.69, 9.17) is 21.2 Å². The number of fused-ring (bicyclic) bond motifs is 1. The largest absolute Gasteiger partial charge is 0.451 e. The van der Waals surface area contributed by atoms with E-state index in [0.29, 0.717) is 10.7 Å². The van der Waals surface area contributed by atoms with Gasteiger partial charge in [-0.2, -0.15) is 0 Å². The van der Waals surface area contributed by atoms with Crippen LogP contribution in [0.15, 0.2) is 62.6 Å². The zero-order chi connectivity index (χ0) is 18.2. The fourth-order valence-electron chi connectivity index (χ4n) is 2.16. The first kappa shape index (κ1) is 17.2. The van der Waals surface area contributed by atoms with E-state index in [9.17, 15) is 18.0 Å². The Labute approximate surface area is 147 Å². The van der Waals surface area contributed by atoms with Gasteiger partial charge in [0.2, 0.25) is 10.0 Å². The Kier molecular flexibility index (Phi) is 4.34. The van der Waals surface area contributed by atoms with E-state index in [0.717, 1.165) is 6.07 Å². The summed E-state index contributed by atoms with van der Waals surface area (Å²) in [5.74, 6) is -0.840. The van der Waals surface area contributed by atoms with Gasteiger partial charge in [-0.05, 0) is 42.5 Å². The van der Waals surface area contributed by atoms with Crippen molar-refractivity contribution in [3.8, 4) is 0 Å². The van der Waals surface area contributed by atoms with Crippen LogP contribution in [0.3, 0.4) is 0 Å². The number of anilines is 1. The minimum absolute atomic E-state index is 0.0837. The van der Waals surface area contributed by atoms with Crippen molar-refractivity contribution in [2.75, 3.05) is 5.32 Å². The molecule has 0 atom stereocenters. The van der Waals surface area contributed by atoms with Gasteiger partial charge >= 0.3 is 0 Å². The molecule has 0 radical (unpaired) electrons. The van der Waals surface area contributed by atoms with Crippen molar-refractivity contribution in [2.24, 2.45) is 5.14 Å². The highest BCUT2D eigenvalue weighted by Gasteiger charge is 2.14. The molecule has 128 valence electrons. The highest BCUT2D eigenvalue weighted by atomic mass is 35.5. The summed E-state index contributed by atoms with van der Waals surface area (Å²) in [6, 6.07) is 10.8. The number of carbonyl (C=O) groups excluding carboxylic acids is 1. The van der Waals surface area contributed by atoms with E-state index >= 15 is 0 Å². The zero-order valence-electron chi connectivity index (χ0n) is 12.5. The fourth-order valence-corrected chi connectivity index (χ4v) is 2.85. The lowest BCUT2D eigenvalue weighted by Crippen LogP contribution is -2.15. The smallest absolute Gasteiger partial charge is 0.291 e. The van der Waals surface area contributed by atoms with Crippen molar-refractivity contribution in [2.45, 2.75) is 4.90 Å². The van der Waals surface area contributed by atoms with Gasteiger partial charge in [-0.15, -0.1) is 0 Å². The molecule has 0 spiro atoms. The van der Waals surface area contributed by atoms with Gasteiger partial charge < -0.3 is 9.73 Å². The Morgan fingerprint density at radius 3 is 2.40 bits per heavy atom. The molecule has 7 nitrogen and oxygen atoms in total. The van der Waals surface area contributed by atoms with Crippen LogP contribution in [-0.4, -0.2) is 14.3 Å². The summed E-state index contributed by atoms with van der Waals surface area (Å²) in [4.78, 5) is 24.2. The van der Waals surface area contributed by atoms with Crippen LogP contribution in [0.4, 0.5) is 5.69 Å². The van der Waals surface area contributed by atoms with Crippen LogP contribution in [0.25, 0.3) is 11.0 Å². The molecule has 0 saturated heterocycles. The third-order valence-corrected chi connectivity index (χ3v) is 4.52. The molecule has 3 N–H and O–H groups in total. The average molecular weight is 379 g/mol. The first-order valence-electron chi connectivity index (χ1n) is 6.92. The number of benzene rings is 2. The predicted molar refractivity (Wildman–Crippen MR) is 93.3 cm³/mol. The summed E-state index contributed by atoms with van der Waals surface area (Å²) in [6.45, 7) is 0. The van der Waals surface area contributed by atoms with Crippen LogP contribution < -0.4 is 15.9 Å². The maximum atomic E-state index is 12.2. The Morgan fingerprint density at radius 2 is 1.76 bits per heavy atom. The maximum Gasteiger partial charge on any atom is 0.291 e. The van der Waals surface area contributed by atoms with E-state index in [2.05, 4.69) is 5.32 Å². The molecule has 0 unspecified atom stereocenters. The lowest BCUT2D eigenvalue weighted by molar-refractivity contribution is 0.0997. The highest BCUT2D eigenvalue weighted by Crippen LogP contribution is 2.19. The molecule has 25 heavy (non-hydrogen) atoms. The fraction of sp³-hybridized carbons (Fsp3) is 0. The average Bonchev–Trinajstić information content (AvgIpc) is 2.55. The number of hydrogen-bond donors (Lipinski definition) is 2. The Morgan fingerprint density at radius 1 is 1.08 bits per heavy atom. The molecule has 1 heterocycles. The molecular weight excluding hydrogens is 368 g/mol. The molecule has 1 amide bonds. The number of rotatable bonds is 3. The normalized spacial score (nSPS) is 11.4. The summed E-state index contributed by atoms with van der Waals surface area (Å²) in [5.41, 5.74) is 0.140.